The highest BCUT2D eigenvalue weighted by Gasteiger charge is 2.61. The highest BCUT2D eigenvalue weighted by Crippen LogP contribution is 2.69. The van der Waals surface area contributed by atoms with Crippen LogP contribution in [0.4, 0.5) is 0 Å². The Bertz CT molecular complexity index is 1830. The number of azide groups is 1. The topological polar surface area (TPSA) is 123 Å². The smallest absolute Gasteiger partial charge is 0.154 e. The molecule has 9 rings (SSSR count). The van der Waals surface area contributed by atoms with Crippen LogP contribution in [0.1, 0.15) is 236 Å². The standard InChI is InChI=1S/C30H51N3O.C30H53NO.C4H8O2.H4P2/c1-21(2)8-6-9-22(3)26-12-13-27-25-11-10-23-20-24(34-19-7-18-32-33-31)14-16-29(23,4)28(25)15-17-30(26,27)5;1-21(2)8-6-9-22(3)26-12-13-27-25-11-10-23-20-24(32-19-7-18-31)14-16-29(23,4)28(25)15-17-30(26,27)5;5-4-2-1-3-6-4;1-2/h10,21-22,24-28H,6-9,11-20H2,1-5H3;10,21-22,24-28H,6-9,11-20,31H2,1-5H3;4-5H,1-3H2;1-2H2/t22-,24?,25?,26-,27?,28?,29+,30-;22-,24+,25?,26-,27?,28?,29+,30-;;/m11../s1/i;;;1T. The highest BCUT2D eigenvalue weighted by molar-refractivity contribution is 7.92. The van der Waals surface area contributed by atoms with Crippen LogP contribution in [0.2, 0.25) is 0 Å². The van der Waals surface area contributed by atoms with Gasteiger partial charge in [-0.2, -0.15) is 0 Å². The summed E-state index contributed by atoms with van der Waals surface area (Å²) in [7, 11) is 2.52. The number of aliphatic hydroxyl groups is 1. The highest BCUT2D eigenvalue weighted by atomic mass is 32.0. The first-order chi connectivity index (χ1) is 35.9. The quantitative estimate of drug-likeness (QED) is 0.0333. The molecule has 1 saturated heterocycles. The van der Waals surface area contributed by atoms with Crippen LogP contribution in [0.3, 0.4) is 0 Å². The first-order valence-corrected chi connectivity index (χ1v) is 33.7. The van der Waals surface area contributed by atoms with Crippen molar-refractivity contribution in [1.29, 1.82) is 1.28 Å². The van der Waals surface area contributed by atoms with E-state index in [9.17, 15) is 0 Å². The van der Waals surface area contributed by atoms with Gasteiger partial charge in [-0.1, -0.05) is 136 Å². The average Bonchev–Trinajstić information content (AvgIpc) is 4.11. The summed E-state index contributed by atoms with van der Waals surface area (Å²) in [4.78, 5) is 2.84. The molecular weight excluding hydrogens is 951 g/mol. The van der Waals surface area contributed by atoms with Gasteiger partial charge in [0.25, 0.3) is 0 Å². The summed E-state index contributed by atoms with van der Waals surface area (Å²) in [6.07, 6.45) is 39.8. The summed E-state index contributed by atoms with van der Waals surface area (Å²) >= 11 is 0. The average molecular weight is 1070 g/mol. The number of rotatable bonds is 19. The van der Waals surface area contributed by atoms with E-state index in [2.05, 4.69) is 100 Å². The van der Waals surface area contributed by atoms with Gasteiger partial charge < -0.3 is 25.1 Å². The second kappa shape index (κ2) is 29.2. The zero-order chi connectivity index (χ0) is 54.4. The van der Waals surface area contributed by atoms with Gasteiger partial charge in [0.2, 0.25) is 0 Å². The molecule has 19 atom stereocenters. The summed E-state index contributed by atoms with van der Waals surface area (Å²) < 4.78 is 23.3. The van der Waals surface area contributed by atoms with Gasteiger partial charge in [0.05, 0.1) is 13.5 Å². The van der Waals surface area contributed by atoms with Gasteiger partial charge in [0.15, 0.2) is 6.29 Å². The fourth-order valence-corrected chi connectivity index (χ4v) is 18.9. The second-order valence-corrected chi connectivity index (χ2v) is 28.0. The van der Waals surface area contributed by atoms with Gasteiger partial charge in [-0.05, 0) is 227 Å². The van der Waals surface area contributed by atoms with Gasteiger partial charge in [-0.15, -0.1) is 17.8 Å². The van der Waals surface area contributed by atoms with Crippen molar-refractivity contribution in [2.24, 2.45) is 104 Å². The third kappa shape index (κ3) is 14.9. The van der Waals surface area contributed by atoms with Crippen molar-refractivity contribution in [2.75, 3.05) is 32.9 Å². The van der Waals surface area contributed by atoms with Crippen molar-refractivity contribution in [3.8, 4) is 0 Å². The molecule has 0 radical (unpaired) electrons. The minimum absolute atomic E-state index is 0.250. The zero-order valence-electron chi connectivity index (χ0n) is 50.4. The van der Waals surface area contributed by atoms with Crippen molar-refractivity contribution in [1.82, 2.24) is 0 Å². The molecule has 8 nitrogen and oxygen atoms in total. The van der Waals surface area contributed by atoms with Crippen molar-refractivity contribution < 1.29 is 19.3 Å². The summed E-state index contributed by atoms with van der Waals surface area (Å²) in [5.41, 5.74) is 19.6. The SMILES string of the molecule is CC(C)CCC[C@@H](C)[C@H]1CCC2C3CC=C4CC(OCCCN=[N+]=[N-])CC[C@]4(C)C3CC[C@@]21C.CC(C)CCC[C@@H](C)[C@H]1CCC2C3CC=C4C[C@@H](OCCCN)CC[C@]4(C)C3CC[C@@]21C.OC1CCCO1.[3H]PP. The van der Waals surface area contributed by atoms with E-state index in [0.29, 0.717) is 40.4 Å². The Labute approximate surface area is 461 Å². The zero-order valence-corrected chi connectivity index (χ0v) is 51.6. The molecule has 0 spiro atoms. The third-order valence-corrected chi connectivity index (χ3v) is 22.9. The molecule has 74 heavy (non-hydrogen) atoms. The lowest BCUT2D eigenvalue weighted by Gasteiger charge is -2.58. The van der Waals surface area contributed by atoms with Crippen LogP contribution in [-0.2, 0) is 14.2 Å². The van der Waals surface area contributed by atoms with E-state index in [1.54, 1.807) is 11.1 Å². The molecule has 8 aliphatic carbocycles. The van der Waals surface area contributed by atoms with Gasteiger partial charge in [0, 0.05) is 37.7 Å². The summed E-state index contributed by atoms with van der Waals surface area (Å²) in [5, 5.41) is 12.1. The van der Waals surface area contributed by atoms with Gasteiger partial charge in [-0.25, -0.2) is 0 Å². The Hall–Kier alpha value is -0.550. The molecule has 0 aromatic carbocycles. The molecule has 0 amide bonds. The number of aliphatic hydroxyl groups excluding tert-OH is 1. The molecule has 1 aliphatic heterocycles. The number of hydrogen-bond acceptors (Lipinski definition) is 6. The molecular formula is C64H116N4O4P2. The van der Waals surface area contributed by atoms with E-state index in [0.717, 1.165) is 129 Å². The number of nitrogens with two attached hydrogens (primary N) is 1. The molecule has 0 aromatic heterocycles. The Morgan fingerprint density at radius 1 is 0.689 bits per heavy atom. The fraction of sp³-hybridized carbons (Fsp3) is 0.938. The van der Waals surface area contributed by atoms with Gasteiger partial charge >= 0.3 is 0 Å². The Morgan fingerprint density at radius 3 is 1.55 bits per heavy atom. The number of nitrogens with zero attached hydrogens (tertiary/aromatic N) is 3. The summed E-state index contributed by atoms with van der Waals surface area (Å²) in [6, 6.07) is 0. The molecule has 10 heteroatoms. The second-order valence-electron chi connectivity index (χ2n) is 28.0. The van der Waals surface area contributed by atoms with E-state index >= 15 is 0 Å². The van der Waals surface area contributed by atoms with Crippen molar-refractivity contribution >= 4 is 17.8 Å². The van der Waals surface area contributed by atoms with E-state index < -0.39 is 6.29 Å². The van der Waals surface area contributed by atoms with Crippen LogP contribution in [0.5, 0.6) is 0 Å². The molecule has 0 bridgehead atoms. The number of allylic oxidation sites excluding steroid dienone is 2. The van der Waals surface area contributed by atoms with Crippen LogP contribution < -0.4 is 5.73 Å². The van der Waals surface area contributed by atoms with E-state index in [4.69, 9.17) is 31.9 Å². The molecule has 9 aliphatic rings. The lowest BCUT2D eigenvalue weighted by Crippen LogP contribution is -2.51. The maximum atomic E-state index is 8.51. The monoisotopic (exact) mass is 1070 g/mol. The minimum atomic E-state index is -0.454. The fourth-order valence-electron chi connectivity index (χ4n) is 18.9. The number of ether oxygens (including phenoxy) is 3. The van der Waals surface area contributed by atoms with Crippen molar-refractivity contribution in [2.45, 2.75) is 255 Å². The molecule has 7 fully saturated rings. The Kier molecular flexibility index (Phi) is 24.1. The van der Waals surface area contributed by atoms with E-state index in [1.165, 1.54) is 135 Å². The number of hydrogen-bond donors (Lipinski definition) is 2. The Balaban J connectivity index is 0.000000209. The van der Waals surface area contributed by atoms with Crippen LogP contribution in [0.25, 0.3) is 10.4 Å². The molecule has 0 aromatic rings. The van der Waals surface area contributed by atoms with Crippen LogP contribution in [0.15, 0.2) is 28.4 Å². The molecule has 3 N–H and O–H groups in total. The summed E-state index contributed by atoms with van der Waals surface area (Å²) in [6.45, 7) is 28.9. The molecule has 1 heterocycles. The normalized spacial score (nSPS) is 39.9. The Morgan fingerprint density at radius 2 is 1.16 bits per heavy atom. The van der Waals surface area contributed by atoms with E-state index in [1.807, 2.05) is 0 Å². The molecule has 426 valence electrons. The largest absolute Gasteiger partial charge is 0.378 e. The predicted molar refractivity (Wildman–Crippen MR) is 318 cm³/mol. The molecule has 6 saturated carbocycles. The number of fused-ring (bicyclic) bond motifs is 10. The van der Waals surface area contributed by atoms with Crippen LogP contribution >= 0.6 is 17.8 Å². The molecule has 10 unspecified atom stereocenters. The van der Waals surface area contributed by atoms with E-state index in [-0.39, 0.29) is 8.87 Å². The third-order valence-electron chi connectivity index (χ3n) is 22.9. The minimum Gasteiger partial charge on any atom is -0.378 e. The lowest BCUT2D eigenvalue weighted by atomic mass is 9.47. The maximum Gasteiger partial charge on any atom is 0.154 e. The lowest BCUT2D eigenvalue weighted by molar-refractivity contribution is -0.0639. The van der Waals surface area contributed by atoms with Crippen LogP contribution in [-0.4, -0.2) is 57.8 Å². The predicted octanol–water partition coefficient (Wildman–Crippen LogP) is 17.6. The van der Waals surface area contributed by atoms with Crippen LogP contribution in [0, 0.1) is 92.7 Å². The van der Waals surface area contributed by atoms with Crippen molar-refractivity contribution in [3.63, 3.8) is 0 Å². The van der Waals surface area contributed by atoms with Crippen molar-refractivity contribution in [3.05, 3.63) is 33.7 Å². The van der Waals surface area contributed by atoms with Gasteiger partial charge in [-0.3, -0.25) is 0 Å². The first kappa shape index (κ1) is 61.1. The first-order valence-electron chi connectivity index (χ1n) is 31.9. The maximum absolute atomic E-state index is 8.51. The van der Waals surface area contributed by atoms with Gasteiger partial charge in [0.1, 0.15) is 0 Å². The summed E-state index contributed by atoms with van der Waals surface area (Å²) in [5.74, 6) is 10.9.